The molecule has 1 aromatic carbocycles. The van der Waals surface area contributed by atoms with Crippen molar-refractivity contribution in [2.75, 3.05) is 14.1 Å². The third-order valence-electron chi connectivity index (χ3n) is 8.14. The smallest absolute Gasteiger partial charge is 0.306 e. The van der Waals surface area contributed by atoms with Gasteiger partial charge in [-0.05, 0) is 31.6 Å². The number of fused-ring (bicyclic) bond motifs is 3. The van der Waals surface area contributed by atoms with Crippen molar-refractivity contribution in [3.8, 4) is 5.75 Å². The predicted octanol–water partition coefficient (Wildman–Crippen LogP) is -1.19. The molecule has 3 aliphatic carbocycles. The van der Waals surface area contributed by atoms with E-state index in [-0.39, 0.29) is 5.56 Å². The minimum atomic E-state index is -3.14. The van der Waals surface area contributed by atoms with E-state index in [1.165, 1.54) is 37.2 Å². The summed E-state index contributed by atoms with van der Waals surface area (Å²) in [5.41, 5.74) is 2.30. The summed E-state index contributed by atoms with van der Waals surface area (Å²) in [6, 6.07) is 2.71. The number of phenolic OH excluding ortho intramolecular Hbond substituents is 1. The minimum absolute atomic E-state index is 0.201. The highest BCUT2D eigenvalue weighted by Crippen LogP contribution is 2.55. The van der Waals surface area contributed by atoms with Crippen LogP contribution >= 0.6 is 0 Å². The quantitative estimate of drug-likeness (QED) is 0.245. The average Bonchev–Trinajstić information content (AvgIpc) is 2.84. The maximum absolute atomic E-state index is 14.0. The highest BCUT2D eigenvalue weighted by atomic mass is 16.5. The minimum Gasteiger partial charge on any atom is -0.507 e. The molecular weight excluding hydrogens is 516 g/mol. The van der Waals surface area contributed by atoms with E-state index in [0.717, 1.165) is 0 Å². The number of esters is 1. The summed E-state index contributed by atoms with van der Waals surface area (Å²) < 4.78 is 5.65. The number of primary amides is 1. The van der Waals surface area contributed by atoms with Gasteiger partial charge < -0.3 is 25.8 Å². The molecule has 3 aliphatic rings. The first kappa shape index (κ1) is 28.0. The van der Waals surface area contributed by atoms with Crippen molar-refractivity contribution in [1.82, 2.24) is 4.90 Å². The van der Waals surface area contributed by atoms with Crippen LogP contribution in [-0.4, -0.2) is 93.0 Å². The summed E-state index contributed by atoms with van der Waals surface area (Å²) >= 11 is 0. The Morgan fingerprint density at radius 3 is 2.28 bits per heavy atom. The molecule has 2 fully saturated rings. The van der Waals surface area contributed by atoms with E-state index < -0.39 is 107 Å². The van der Waals surface area contributed by atoms with Crippen LogP contribution in [0.2, 0.25) is 0 Å². The molecule has 39 heavy (non-hydrogen) atoms. The number of phenols is 1. The molecule has 3 unspecified atom stereocenters. The van der Waals surface area contributed by atoms with Crippen LogP contribution in [-0.2, 0) is 33.5 Å². The molecule has 4 rings (SSSR count). The number of carbonyl (C=O) groups excluding carboxylic acids is 6. The van der Waals surface area contributed by atoms with Crippen molar-refractivity contribution in [3.05, 3.63) is 29.3 Å². The number of ether oxygens (including phenoxy) is 1. The molecule has 1 aromatic rings. The lowest BCUT2D eigenvalue weighted by Crippen LogP contribution is -2.78. The Morgan fingerprint density at radius 1 is 1.08 bits per heavy atom. The molecule has 13 nitrogen and oxygen atoms in total. The van der Waals surface area contributed by atoms with E-state index in [4.69, 9.17) is 15.6 Å². The molecular formula is C26H28N2O11. The molecule has 208 valence electrons. The Balaban J connectivity index is 1.98. The van der Waals surface area contributed by atoms with Crippen LogP contribution in [0.15, 0.2) is 18.2 Å². The Kier molecular flexibility index (Phi) is 6.94. The lowest BCUT2D eigenvalue weighted by atomic mass is 9.49. The number of nitrogens with zero attached hydrogens (tertiary/aromatic N) is 1. The number of aliphatic carboxylic acids is 1. The van der Waals surface area contributed by atoms with Crippen LogP contribution in [0.5, 0.6) is 5.75 Å². The number of hydrogen-bond acceptors (Lipinski definition) is 11. The molecule has 0 saturated heterocycles. The van der Waals surface area contributed by atoms with Crippen LogP contribution in [0.1, 0.15) is 41.6 Å². The maximum Gasteiger partial charge on any atom is 0.306 e. The van der Waals surface area contributed by atoms with E-state index >= 15 is 0 Å². The fourth-order valence-corrected chi connectivity index (χ4v) is 6.49. The van der Waals surface area contributed by atoms with Crippen molar-refractivity contribution in [3.63, 3.8) is 0 Å². The van der Waals surface area contributed by atoms with Crippen molar-refractivity contribution < 1.29 is 53.6 Å². The standard InChI is InChI=1S/C26H28N2O11/c1-9-10-5-4-6-11(29)15(10)20(33)16-14(9)22(39-13(32)8-7-12(30)31)18-19(28(2)3)21(34)17(25(27)37)24(36)26(18,38)23(16)35/h4-6,9,14,16-19,22,29,38H,7-8H2,1-3H3,(H2,27,37)(H,30,31)/t9?,14-,16?,17?,18-,19+,22+,26+/m1/s1. The molecule has 8 atom stereocenters. The van der Waals surface area contributed by atoms with Gasteiger partial charge in [0.1, 0.15) is 11.9 Å². The molecule has 1 amide bonds. The topological polar surface area (TPSA) is 219 Å². The van der Waals surface area contributed by atoms with E-state index in [2.05, 4.69) is 0 Å². The summed E-state index contributed by atoms with van der Waals surface area (Å²) in [6.45, 7) is 1.60. The fourth-order valence-electron chi connectivity index (χ4n) is 6.49. The second kappa shape index (κ2) is 9.65. The summed E-state index contributed by atoms with van der Waals surface area (Å²) in [7, 11) is 2.78. The van der Waals surface area contributed by atoms with Gasteiger partial charge in [-0.15, -0.1) is 0 Å². The Hall–Kier alpha value is -3.97. The van der Waals surface area contributed by atoms with E-state index in [1.807, 2.05) is 0 Å². The number of carboxylic acid groups (broad SMARTS) is 1. The number of amides is 1. The van der Waals surface area contributed by atoms with E-state index in [9.17, 15) is 43.8 Å². The lowest BCUT2D eigenvalue weighted by molar-refractivity contribution is -0.205. The van der Waals surface area contributed by atoms with Gasteiger partial charge in [-0.25, -0.2) is 0 Å². The lowest BCUT2D eigenvalue weighted by Gasteiger charge is -2.56. The Bertz CT molecular complexity index is 1320. The maximum atomic E-state index is 14.0. The van der Waals surface area contributed by atoms with Gasteiger partial charge in [0.2, 0.25) is 5.91 Å². The number of carbonyl (C=O) groups is 7. The molecule has 13 heteroatoms. The fraction of sp³-hybridized carbons (Fsp3) is 0.500. The third kappa shape index (κ3) is 4.03. The van der Waals surface area contributed by atoms with Gasteiger partial charge in [0.15, 0.2) is 34.7 Å². The number of Topliss-reactive ketones (excluding diaryl/α,β-unsaturated/α-hetero) is 4. The molecule has 0 radical (unpaired) electrons. The highest BCUT2D eigenvalue weighted by Gasteiger charge is 2.74. The molecule has 0 spiro atoms. The van der Waals surface area contributed by atoms with Gasteiger partial charge in [-0.3, -0.25) is 38.5 Å². The van der Waals surface area contributed by atoms with Crippen LogP contribution in [0.3, 0.4) is 0 Å². The van der Waals surface area contributed by atoms with Crippen LogP contribution in [0, 0.1) is 23.7 Å². The van der Waals surface area contributed by atoms with Gasteiger partial charge in [0, 0.05) is 5.92 Å². The first-order valence-electron chi connectivity index (χ1n) is 12.2. The number of benzene rings is 1. The molecule has 2 saturated carbocycles. The van der Waals surface area contributed by atoms with Gasteiger partial charge in [0.05, 0.1) is 36.3 Å². The molecule has 5 N–H and O–H groups in total. The van der Waals surface area contributed by atoms with Gasteiger partial charge in [-0.2, -0.15) is 0 Å². The molecule has 0 bridgehead atoms. The van der Waals surface area contributed by atoms with Crippen LogP contribution in [0.4, 0.5) is 0 Å². The van der Waals surface area contributed by atoms with Crippen molar-refractivity contribution >= 4 is 41.0 Å². The number of aromatic hydroxyl groups is 1. The Morgan fingerprint density at radius 2 is 1.72 bits per heavy atom. The van der Waals surface area contributed by atoms with Crippen LogP contribution in [0.25, 0.3) is 0 Å². The van der Waals surface area contributed by atoms with E-state index in [0.29, 0.717) is 5.56 Å². The number of carboxylic acids is 1. The predicted molar refractivity (Wildman–Crippen MR) is 128 cm³/mol. The number of aliphatic hydroxyl groups is 1. The van der Waals surface area contributed by atoms with Crippen molar-refractivity contribution in [1.29, 1.82) is 0 Å². The Labute approximate surface area is 221 Å². The SMILES string of the molecule is CC1c2cccc(O)c2C(=O)C2C(=O)[C@]3(O)C(=O)C(C(N)=O)C(=O)[C@@H](N(C)C)[C@@H]3[C@@H](OC(=O)CCC(=O)O)[C@@H]21. The molecule has 0 aromatic heterocycles. The summed E-state index contributed by atoms with van der Waals surface area (Å²) in [5.74, 6) is -16.7. The first-order valence-corrected chi connectivity index (χ1v) is 12.2. The summed E-state index contributed by atoms with van der Waals surface area (Å²) in [4.78, 5) is 92.0. The zero-order valence-electron chi connectivity index (χ0n) is 21.3. The molecule has 0 heterocycles. The van der Waals surface area contributed by atoms with Crippen molar-refractivity contribution in [2.45, 2.75) is 43.4 Å². The third-order valence-corrected chi connectivity index (χ3v) is 8.14. The first-order chi connectivity index (χ1) is 18.2. The van der Waals surface area contributed by atoms with Crippen LogP contribution < -0.4 is 5.73 Å². The number of rotatable bonds is 6. The average molecular weight is 545 g/mol. The highest BCUT2D eigenvalue weighted by molar-refractivity contribution is 6.32. The number of likely N-dealkylation sites (N-methyl/N-ethyl adjacent to an activating group) is 1. The molecule has 0 aliphatic heterocycles. The van der Waals surface area contributed by atoms with Gasteiger partial charge in [0.25, 0.3) is 0 Å². The summed E-state index contributed by atoms with van der Waals surface area (Å²) in [6.07, 6.45) is -2.85. The number of nitrogens with two attached hydrogens (primary N) is 1. The zero-order chi connectivity index (χ0) is 29.1. The van der Waals surface area contributed by atoms with Gasteiger partial charge >= 0.3 is 11.9 Å². The second-order valence-electron chi connectivity index (χ2n) is 10.5. The monoisotopic (exact) mass is 544 g/mol. The summed E-state index contributed by atoms with van der Waals surface area (Å²) in [5, 5.41) is 31.3. The largest absolute Gasteiger partial charge is 0.507 e. The second-order valence-corrected chi connectivity index (χ2v) is 10.5. The zero-order valence-corrected chi connectivity index (χ0v) is 21.3. The van der Waals surface area contributed by atoms with Crippen molar-refractivity contribution in [2.24, 2.45) is 29.4 Å². The van der Waals surface area contributed by atoms with Gasteiger partial charge in [-0.1, -0.05) is 19.1 Å². The number of hydrogen-bond donors (Lipinski definition) is 4. The number of ketones is 4. The normalized spacial score (nSPS) is 33.7. The van der Waals surface area contributed by atoms with E-state index in [1.54, 1.807) is 6.92 Å².